The third-order valence-corrected chi connectivity index (χ3v) is 22.3. The zero-order valence-electron chi connectivity index (χ0n) is 50.9. The van der Waals surface area contributed by atoms with Gasteiger partial charge in [0.2, 0.25) is 53.3 Å². The molecule has 92 heavy (non-hydrogen) atoms. The topological polar surface area (TPSA) is 239 Å². The molecule has 12 fully saturated rings. The molecule has 3 N–H and O–H groups in total. The van der Waals surface area contributed by atoms with Crippen molar-refractivity contribution in [2.45, 2.75) is 164 Å². The molecule has 6 atom stereocenters. The number of piperidine rings is 1. The molecule has 9 saturated carbocycles. The van der Waals surface area contributed by atoms with Crippen LogP contribution in [-0.2, 0) is 28.8 Å². The summed E-state index contributed by atoms with van der Waals surface area (Å²) >= 11 is 0. The highest BCUT2D eigenvalue weighted by Crippen LogP contribution is 2.58. The number of carbonyl (C=O) groups excluding carboxylic acids is 6. The van der Waals surface area contributed by atoms with E-state index in [-0.39, 0.29) is 101 Å². The molecule has 21 nitrogen and oxygen atoms in total. The molecule has 9 aliphatic carbocycles. The molecule has 3 saturated heterocycles. The van der Waals surface area contributed by atoms with Gasteiger partial charge < -0.3 is 14.7 Å². The summed E-state index contributed by atoms with van der Waals surface area (Å²) in [6, 6.07) is 17.6. The summed E-state index contributed by atoms with van der Waals surface area (Å²) in [4.78, 5) is 91.1. The first kappa shape index (κ1) is 59.3. The minimum absolute atomic E-state index is 0.00691. The lowest BCUT2D eigenvalue weighted by molar-refractivity contribution is -0.147. The monoisotopic (exact) mass is 1270 g/mol. The molecule has 12 aliphatic rings. The minimum Gasteiger partial charge on any atom is -0.342 e. The zero-order valence-corrected chi connectivity index (χ0v) is 50.9. The van der Waals surface area contributed by atoms with E-state index < -0.39 is 35.5 Å². The molecule has 6 aromatic rings. The average Bonchev–Trinajstić information content (AvgIpc) is 1.58. The Bertz CT molecular complexity index is 3840. The van der Waals surface area contributed by atoms with Crippen LogP contribution in [0.2, 0.25) is 0 Å². The van der Waals surface area contributed by atoms with Gasteiger partial charge in [-0.05, 0) is 151 Å². The first-order valence-corrected chi connectivity index (χ1v) is 33.0. The summed E-state index contributed by atoms with van der Waals surface area (Å²) < 4.78 is 84.9. The summed E-state index contributed by atoms with van der Waals surface area (Å²) in [5.74, 6) is -10.7. The van der Waals surface area contributed by atoms with Gasteiger partial charge in [-0.2, -0.15) is 15.0 Å². The predicted octanol–water partition coefficient (Wildman–Crippen LogP) is 9.27. The number of rotatable bonds is 12. The first-order valence-electron chi connectivity index (χ1n) is 33.0. The molecule has 0 aromatic carbocycles. The number of hydrogen-bond acceptors (Lipinski definition) is 12. The quantitative estimate of drug-likeness (QED) is 0.0972. The maximum Gasteiger partial charge on any atom is 0.260 e. The lowest BCUT2D eigenvalue weighted by Crippen LogP contribution is -2.58. The van der Waals surface area contributed by atoms with E-state index in [1.165, 1.54) is 0 Å². The standard InChI is InChI=1S/C23H27F2N5O2.2C21H23F2N5O2/c24-23(25)13-16(23)20(32)29-10-8-22(9-11-29)7-6-15(12-22)17-2-1-3-18-26-21(28-30(17)18)27-19(31)14-4-5-14;2*22-21(23)9-14(21)18(30)27-10-20(11-27)7-6-13(8-20)15-2-1-3-16-24-19(26-28(15)16)25-17(29)12-4-5-12/h1-3,14-16H,4-13H2,(H,27,28,31);2*1-3,12-14H,4-11H2,(H,25,26,29)/t15-,16+;13-,14+;13-,14-/m110/s1. The van der Waals surface area contributed by atoms with Crippen molar-refractivity contribution in [3.63, 3.8) is 0 Å². The van der Waals surface area contributed by atoms with Gasteiger partial charge in [-0.15, -0.1) is 15.3 Å². The van der Waals surface area contributed by atoms with E-state index in [1.807, 2.05) is 53.0 Å². The number of alkyl halides is 6. The molecule has 3 aliphatic heterocycles. The number of aromatic nitrogens is 9. The van der Waals surface area contributed by atoms with E-state index in [0.717, 1.165) is 132 Å². The molecule has 9 heterocycles. The molecular formula is C65H73F6N15O6. The molecule has 6 amide bonds. The van der Waals surface area contributed by atoms with Crippen molar-refractivity contribution >= 4 is 70.2 Å². The number of amides is 6. The van der Waals surface area contributed by atoms with Gasteiger partial charge in [0.15, 0.2) is 16.9 Å². The molecular weight excluding hydrogens is 1200 g/mol. The van der Waals surface area contributed by atoms with Crippen molar-refractivity contribution in [2.75, 3.05) is 55.2 Å². The number of pyridine rings is 3. The SMILES string of the molecule is O=C(Nc1nc2cccc([C@@H]3CCC4(C3)CN(C(=O)[C@@H]3CC3(F)F)C4)n2n1)C1CC1.O=C(Nc1nc2cccc([C@@H]3CCC4(CCN(C(=O)[C@@H]5CC5(F)F)CC4)C3)n2n1)C1CC1.O=C(Nc1nc2cccc([C@H]3CCC4(C3)CN(C(=O)[C@@H]3CC3(F)F)C4)n2n1)C1CC1. The molecule has 0 bridgehead atoms. The predicted molar refractivity (Wildman–Crippen MR) is 318 cm³/mol. The maximum absolute atomic E-state index is 13.3. The van der Waals surface area contributed by atoms with E-state index in [0.29, 0.717) is 74.3 Å². The smallest absolute Gasteiger partial charge is 0.260 e. The fraction of sp³-hybridized carbons (Fsp3) is 0.631. The number of halogens is 6. The van der Waals surface area contributed by atoms with Crippen molar-refractivity contribution in [1.82, 2.24) is 58.5 Å². The molecule has 27 heteroatoms. The zero-order chi connectivity index (χ0) is 63.4. The van der Waals surface area contributed by atoms with E-state index in [9.17, 15) is 55.1 Å². The number of nitrogens with zero attached hydrogens (tertiary/aromatic N) is 12. The summed E-state index contributed by atoms with van der Waals surface area (Å²) in [6.07, 6.45) is 15.2. The highest BCUT2D eigenvalue weighted by molar-refractivity contribution is 5.94. The Morgan fingerprint density at radius 3 is 0.978 bits per heavy atom. The maximum atomic E-state index is 13.3. The van der Waals surface area contributed by atoms with Gasteiger partial charge >= 0.3 is 0 Å². The second kappa shape index (κ2) is 21.4. The third-order valence-electron chi connectivity index (χ3n) is 22.3. The van der Waals surface area contributed by atoms with Crippen molar-refractivity contribution in [1.29, 1.82) is 0 Å². The Balaban J connectivity index is 0.000000110. The lowest BCUT2D eigenvalue weighted by atomic mass is 9.76. The molecule has 6 aromatic heterocycles. The van der Waals surface area contributed by atoms with E-state index in [1.54, 1.807) is 23.7 Å². The Hall–Kier alpha value is -7.74. The van der Waals surface area contributed by atoms with Crippen LogP contribution in [0.5, 0.6) is 0 Å². The number of nitrogens with one attached hydrogen (secondary N) is 3. The third kappa shape index (κ3) is 11.3. The van der Waals surface area contributed by atoms with Crippen LogP contribution in [0, 0.1) is 51.8 Å². The number of carbonyl (C=O) groups is 6. The number of hydrogen-bond donors (Lipinski definition) is 3. The van der Waals surface area contributed by atoms with Crippen LogP contribution in [0.4, 0.5) is 44.2 Å². The fourth-order valence-corrected chi connectivity index (χ4v) is 16.1. The average molecular weight is 1270 g/mol. The first-order chi connectivity index (χ1) is 44.0. The molecule has 0 unspecified atom stereocenters. The van der Waals surface area contributed by atoms with Crippen molar-refractivity contribution in [3.8, 4) is 0 Å². The summed E-state index contributed by atoms with van der Waals surface area (Å²) in [6.45, 7) is 3.44. The van der Waals surface area contributed by atoms with Gasteiger partial charge in [-0.1, -0.05) is 18.2 Å². The van der Waals surface area contributed by atoms with Crippen LogP contribution < -0.4 is 16.0 Å². The Kier molecular flexibility index (Phi) is 13.8. The van der Waals surface area contributed by atoms with Crippen molar-refractivity contribution < 1.29 is 55.1 Å². The van der Waals surface area contributed by atoms with Gasteiger partial charge in [0.25, 0.3) is 17.8 Å². The molecule has 486 valence electrons. The van der Waals surface area contributed by atoms with Gasteiger partial charge in [0, 0.05) is 122 Å². The van der Waals surface area contributed by atoms with Crippen molar-refractivity contribution in [3.05, 3.63) is 71.7 Å². The van der Waals surface area contributed by atoms with Crippen molar-refractivity contribution in [2.24, 2.45) is 51.8 Å². The molecule has 18 rings (SSSR count). The Morgan fingerprint density at radius 2 is 0.674 bits per heavy atom. The highest BCUT2D eigenvalue weighted by atomic mass is 19.3. The van der Waals surface area contributed by atoms with Crippen LogP contribution in [-0.4, -0.2) is 151 Å². The van der Waals surface area contributed by atoms with E-state index in [4.69, 9.17) is 0 Å². The van der Waals surface area contributed by atoms with Gasteiger partial charge in [0.05, 0.1) is 0 Å². The molecule has 3 spiro atoms. The Labute approximate surface area is 524 Å². The summed E-state index contributed by atoms with van der Waals surface area (Å²) in [7, 11) is 0. The van der Waals surface area contributed by atoms with Crippen LogP contribution in [0.25, 0.3) is 16.9 Å². The summed E-state index contributed by atoms with van der Waals surface area (Å²) in [5.41, 5.74) is 5.49. The number of anilines is 3. The second-order valence-electron chi connectivity index (χ2n) is 29.3. The Morgan fingerprint density at radius 1 is 0.380 bits per heavy atom. The largest absolute Gasteiger partial charge is 0.342 e. The highest BCUT2D eigenvalue weighted by Gasteiger charge is 2.66. The number of likely N-dealkylation sites (tertiary alicyclic amines) is 3. The second-order valence-corrected chi connectivity index (χ2v) is 29.3. The fourth-order valence-electron chi connectivity index (χ4n) is 16.1. The molecule has 0 radical (unpaired) electrons. The van der Waals surface area contributed by atoms with Gasteiger partial charge in [-0.3, -0.25) is 44.7 Å². The van der Waals surface area contributed by atoms with Crippen LogP contribution in [0.15, 0.2) is 54.6 Å². The van der Waals surface area contributed by atoms with Crippen LogP contribution in [0.3, 0.4) is 0 Å². The van der Waals surface area contributed by atoms with Crippen LogP contribution >= 0.6 is 0 Å². The van der Waals surface area contributed by atoms with E-state index in [2.05, 4.69) is 52.3 Å². The minimum atomic E-state index is -2.80. The summed E-state index contributed by atoms with van der Waals surface area (Å²) in [5, 5.41) is 22.0. The van der Waals surface area contributed by atoms with Crippen LogP contribution in [0.1, 0.15) is 163 Å². The van der Waals surface area contributed by atoms with E-state index >= 15 is 0 Å². The lowest BCUT2D eigenvalue weighted by Gasteiger charge is -2.48. The van der Waals surface area contributed by atoms with Gasteiger partial charge in [-0.25, -0.2) is 39.9 Å². The van der Waals surface area contributed by atoms with Gasteiger partial charge in [0.1, 0.15) is 17.8 Å². The number of fused-ring (bicyclic) bond motifs is 3. The normalized spacial score (nSPS) is 28.4.